The number of hydrogen-bond donors (Lipinski definition) is 0. The minimum atomic E-state index is 0.901. The zero-order chi connectivity index (χ0) is 26.9. The SMILES string of the molecule is c1ccc2c(c1)-c1ccccc1-c1cnc3cccnc3c1-c1c-2cccc1-c1cccc2c1sc1ccccc12. The summed E-state index contributed by atoms with van der Waals surface area (Å²) in [5.41, 5.74) is 13.8. The van der Waals surface area contributed by atoms with Gasteiger partial charge in [0.05, 0.1) is 11.0 Å². The fourth-order valence-electron chi connectivity index (χ4n) is 6.61. The predicted molar refractivity (Wildman–Crippen MR) is 173 cm³/mol. The van der Waals surface area contributed by atoms with Crippen molar-refractivity contribution >= 4 is 42.5 Å². The van der Waals surface area contributed by atoms with E-state index in [9.17, 15) is 0 Å². The van der Waals surface area contributed by atoms with Crippen LogP contribution >= 0.6 is 11.3 Å². The summed E-state index contributed by atoms with van der Waals surface area (Å²) < 4.78 is 2.62. The van der Waals surface area contributed by atoms with Crippen molar-refractivity contribution in [2.24, 2.45) is 0 Å². The van der Waals surface area contributed by atoms with E-state index in [0.29, 0.717) is 0 Å². The molecule has 0 atom stereocenters. The molecule has 41 heavy (non-hydrogen) atoms. The summed E-state index contributed by atoms with van der Waals surface area (Å²) in [5.74, 6) is 0. The lowest BCUT2D eigenvalue weighted by Crippen LogP contribution is -2.01. The molecule has 2 nitrogen and oxygen atoms in total. The van der Waals surface area contributed by atoms with Gasteiger partial charge < -0.3 is 0 Å². The molecule has 0 spiro atoms. The van der Waals surface area contributed by atoms with Gasteiger partial charge in [0.25, 0.3) is 0 Å². The van der Waals surface area contributed by atoms with Gasteiger partial charge in [-0.15, -0.1) is 11.3 Å². The van der Waals surface area contributed by atoms with Crippen molar-refractivity contribution in [1.82, 2.24) is 9.97 Å². The number of thiophene rings is 1. The lowest BCUT2D eigenvalue weighted by Gasteiger charge is -2.25. The maximum atomic E-state index is 4.97. The smallest absolute Gasteiger partial charge is 0.0971 e. The molecule has 190 valence electrons. The Balaban J connectivity index is 1.50. The molecule has 3 heteroatoms. The lowest BCUT2D eigenvalue weighted by atomic mass is 9.78. The Hall–Kier alpha value is -5.12. The standard InChI is InChI=1S/C38H22N2S/c1-3-12-25-23(10-1)24-11-2-4-13-26(24)32-22-40-33-19-9-21-39-37(33)36(32)35-28(25)15-7-16-29(35)31-18-8-17-30-27-14-5-6-20-34(27)41-38(30)31/h1-22H. The average Bonchev–Trinajstić information content (AvgIpc) is 3.42. The van der Waals surface area contributed by atoms with Gasteiger partial charge in [0.2, 0.25) is 0 Å². The van der Waals surface area contributed by atoms with Crippen LogP contribution in [0, 0.1) is 0 Å². The number of rotatable bonds is 1. The van der Waals surface area contributed by atoms with E-state index in [2.05, 4.69) is 115 Å². The Bertz CT molecular complexity index is 2330. The highest BCUT2D eigenvalue weighted by Gasteiger charge is 2.27. The van der Waals surface area contributed by atoms with Crippen molar-refractivity contribution in [2.75, 3.05) is 0 Å². The zero-order valence-electron chi connectivity index (χ0n) is 22.0. The second-order valence-corrected chi connectivity index (χ2v) is 11.6. The van der Waals surface area contributed by atoms with E-state index in [1.807, 2.05) is 29.8 Å². The molecule has 1 aliphatic rings. The molecule has 1 aliphatic carbocycles. The maximum absolute atomic E-state index is 4.97. The maximum Gasteiger partial charge on any atom is 0.0971 e. The molecule has 0 N–H and O–H groups in total. The molecule has 0 amide bonds. The Labute approximate surface area is 241 Å². The normalized spacial score (nSPS) is 11.9. The third kappa shape index (κ3) is 3.24. The van der Waals surface area contributed by atoms with Gasteiger partial charge in [-0.1, -0.05) is 103 Å². The van der Waals surface area contributed by atoms with Crippen LogP contribution in [-0.4, -0.2) is 9.97 Å². The van der Waals surface area contributed by atoms with Gasteiger partial charge in [-0.3, -0.25) is 9.97 Å². The van der Waals surface area contributed by atoms with Crippen LogP contribution in [0.5, 0.6) is 0 Å². The molecule has 9 rings (SSSR count). The van der Waals surface area contributed by atoms with Crippen LogP contribution in [0.3, 0.4) is 0 Å². The molecule has 3 heterocycles. The van der Waals surface area contributed by atoms with Crippen molar-refractivity contribution in [1.29, 1.82) is 0 Å². The first-order valence-electron chi connectivity index (χ1n) is 13.8. The van der Waals surface area contributed by atoms with E-state index >= 15 is 0 Å². The van der Waals surface area contributed by atoms with Crippen LogP contribution in [0.15, 0.2) is 134 Å². The Kier molecular flexibility index (Phi) is 4.80. The first-order valence-corrected chi connectivity index (χ1v) is 14.7. The molecule has 0 fully saturated rings. The van der Waals surface area contributed by atoms with Crippen molar-refractivity contribution in [3.05, 3.63) is 134 Å². The molecule has 0 bridgehead atoms. The van der Waals surface area contributed by atoms with E-state index in [-0.39, 0.29) is 0 Å². The summed E-state index contributed by atoms with van der Waals surface area (Å²) in [4.78, 5) is 9.88. The third-order valence-electron chi connectivity index (χ3n) is 8.36. The van der Waals surface area contributed by atoms with E-state index in [0.717, 1.165) is 22.2 Å². The molecule has 3 aromatic heterocycles. The molecule has 0 saturated carbocycles. The predicted octanol–water partition coefficient (Wildman–Crippen LogP) is 10.6. The average molecular weight is 539 g/mol. The number of aromatic nitrogens is 2. The molecule has 0 unspecified atom stereocenters. The van der Waals surface area contributed by atoms with Crippen molar-refractivity contribution in [3.8, 4) is 55.6 Å². The fraction of sp³-hybridized carbons (Fsp3) is 0. The minimum Gasteiger partial charge on any atom is -0.254 e. The summed E-state index contributed by atoms with van der Waals surface area (Å²) in [6.45, 7) is 0. The summed E-state index contributed by atoms with van der Waals surface area (Å²) in [7, 11) is 0. The summed E-state index contributed by atoms with van der Waals surface area (Å²) in [6, 6.07) is 43.8. The van der Waals surface area contributed by atoms with E-state index in [4.69, 9.17) is 9.97 Å². The molecule has 0 radical (unpaired) electrons. The fourth-order valence-corrected chi connectivity index (χ4v) is 7.84. The summed E-state index contributed by atoms with van der Waals surface area (Å²) in [5, 5.41) is 2.61. The van der Waals surface area contributed by atoms with Gasteiger partial charge in [-0.05, 0) is 51.6 Å². The molecule has 0 aliphatic heterocycles. The van der Waals surface area contributed by atoms with E-state index < -0.39 is 0 Å². The molecular weight excluding hydrogens is 516 g/mol. The van der Waals surface area contributed by atoms with Crippen molar-refractivity contribution in [3.63, 3.8) is 0 Å². The molecule has 8 aromatic rings. The molecule has 5 aromatic carbocycles. The second-order valence-electron chi connectivity index (χ2n) is 10.5. The first kappa shape index (κ1) is 22.7. The van der Waals surface area contributed by atoms with Gasteiger partial charge in [-0.25, -0.2) is 0 Å². The van der Waals surface area contributed by atoms with Gasteiger partial charge >= 0.3 is 0 Å². The van der Waals surface area contributed by atoms with Gasteiger partial charge in [0.1, 0.15) is 0 Å². The number of pyridine rings is 2. The highest BCUT2D eigenvalue weighted by Crippen LogP contribution is 2.53. The second kappa shape index (κ2) is 8.69. The van der Waals surface area contributed by atoms with Crippen molar-refractivity contribution in [2.45, 2.75) is 0 Å². The zero-order valence-corrected chi connectivity index (χ0v) is 22.8. The summed E-state index contributed by atoms with van der Waals surface area (Å²) in [6.07, 6.45) is 3.94. The van der Waals surface area contributed by atoms with Crippen LogP contribution in [0.2, 0.25) is 0 Å². The van der Waals surface area contributed by atoms with Gasteiger partial charge in [0, 0.05) is 54.8 Å². The Morgan fingerprint density at radius 3 is 1.80 bits per heavy atom. The quantitative estimate of drug-likeness (QED) is 0.208. The molecule has 0 saturated heterocycles. The van der Waals surface area contributed by atoms with Crippen LogP contribution in [0.25, 0.3) is 86.8 Å². The number of benzene rings is 5. The highest BCUT2D eigenvalue weighted by molar-refractivity contribution is 7.26. The summed E-state index contributed by atoms with van der Waals surface area (Å²) >= 11 is 1.87. The van der Waals surface area contributed by atoms with Gasteiger partial charge in [-0.2, -0.15) is 0 Å². The van der Waals surface area contributed by atoms with Crippen LogP contribution in [0.1, 0.15) is 0 Å². The number of nitrogens with zero attached hydrogens (tertiary/aromatic N) is 2. The Morgan fingerprint density at radius 2 is 1.00 bits per heavy atom. The largest absolute Gasteiger partial charge is 0.254 e. The van der Waals surface area contributed by atoms with Crippen LogP contribution < -0.4 is 0 Å². The number of fused-ring (bicyclic) bond motifs is 13. The van der Waals surface area contributed by atoms with Crippen LogP contribution in [-0.2, 0) is 0 Å². The van der Waals surface area contributed by atoms with E-state index in [1.165, 1.54) is 64.7 Å². The van der Waals surface area contributed by atoms with E-state index in [1.54, 1.807) is 0 Å². The highest BCUT2D eigenvalue weighted by atomic mass is 32.1. The lowest BCUT2D eigenvalue weighted by molar-refractivity contribution is 1.33. The first-order chi connectivity index (χ1) is 20.4. The Morgan fingerprint density at radius 1 is 0.415 bits per heavy atom. The van der Waals surface area contributed by atoms with Crippen molar-refractivity contribution < 1.29 is 0 Å². The minimum absolute atomic E-state index is 0.901. The topological polar surface area (TPSA) is 25.8 Å². The van der Waals surface area contributed by atoms with Crippen LogP contribution in [0.4, 0.5) is 0 Å². The third-order valence-corrected chi connectivity index (χ3v) is 9.58. The monoisotopic (exact) mass is 538 g/mol. The van der Waals surface area contributed by atoms with Gasteiger partial charge in [0.15, 0.2) is 0 Å². The number of hydrogen-bond acceptors (Lipinski definition) is 3. The molecular formula is C38H22N2S.